The Hall–Kier alpha value is -3.49. The molecule has 1 aromatic carbocycles. The molecule has 1 unspecified atom stereocenters. The van der Waals surface area contributed by atoms with Crippen LogP contribution in [0.1, 0.15) is 50.6 Å². The molecule has 2 aliphatic heterocycles. The van der Waals surface area contributed by atoms with Gasteiger partial charge in [-0.2, -0.15) is 0 Å². The SMILES string of the molecule is Cc1cc(-c2nnc(-c3ccc(NS(=O)(=O)CC4CC4(F)F)cc3N3CCC4(CC3)CC4)o2)nc(N2CCC(F)(F)CC2)n1. The van der Waals surface area contributed by atoms with E-state index in [1.54, 1.807) is 36.1 Å². The highest BCUT2D eigenvalue weighted by Gasteiger charge is 2.58. The highest BCUT2D eigenvalue weighted by atomic mass is 32.2. The molecular formula is C29H33F4N7O3S. The van der Waals surface area contributed by atoms with Crippen molar-refractivity contribution in [2.45, 2.75) is 63.7 Å². The molecular weight excluding hydrogens is 602 g/mol. The van der Waals surface area contributed by atoms with Gasteiger partial charge in [0.1, 0.15) is 5.69 Å². The lowest BCUT2D eigenvalue weighted by Crippen LogP contribution is -2.40. The van der Waals surface area contributed by atoms with Crippen molar-refractivity contribution in [2.75, 3.05) is 46.5 Å². The van der Waals surface area contributed by atoms with Crippen molar-refractivity contribution in [1.29, 1.82) is 0 Å². The molecule has 2 saturated heterocycles. The predicted molar refractivity (Wildman–Crippen MR) is 155 cm³/mol. The van der Waals surface area contributed by atoms with E-state index in [0.29, 0.717) is 34.0 Å². The van der Waals surface area contributed by atoms with Crippen LogP contribution in [0.5, 0.6) is 0 Å². The van der Waals surface area contributed by atoms with Gasteiger partial charge in [-0.3, -0.25) is 4.72 Å². The van der Waals surface area contributed by atoms with Crippen LogP contribution in [0.25, 0.3) is 23.0 Å². The highest BCUT2D eigenvalue weighted by molar-refractivity contribution is 7.92. The fourth-order valence-corrected chi connectivity index (χ4v) is 7.61. The second kappa shape index (κ2) is 10.3. The van der Waals surface area contributed by atoms with Gasteiger partial charge in [-0.25, -0.2) is 35.9 Å². The molecule has 0 amide bonds. The average Bonchev–Trinajstić information content (AvgIpc) is 3.76. The zero-order chi connectivity index (χ0) is 30.9. The molecule has 7 rings (SSSR count). The number of sulfonamides is 1. The van der Waals surface area contributed by atoms with Crippen molar-refractivity contribution < 1.29 is 30.4 Å². The Balaban J connectivity index is 1.17. The number of aryl methyl sites for hydroxylation is 1. The van der Waals surface area contributed by atoms with E-state index in [0.717, 1.165) is 25.9 Å². The first-order valence-corrected chi connectivity index (χ1v) is 16.5. The molecule has 236 valence electrons. The molecule has 10 nitrogen and oxygen atoms in total. The summed E-state index contributed by atoms with van der Waals surface area (Å²) in [6, 6.07) is 6.60. The van der Waals surface area contributed by atoms with Gasteiger partial charge in [0.2, 0.25) is 21.9 Å². The molecule has 15 heteroatoms. The maximum absolute atomic E-state index is 13.7. The van der Waals surface area contributed by atoms with E-state index in [4.69, 9.17) is 4.42 Å². The first-order chi connectivity index (χ1) is 20.8. The van der Waals surface area contributed by atoms with Crippen LogP contribution in [0, 0.1) is 18.3 Å². The first-order valence-electron chi connectivity index (χ1n) is 14.9. The number of aromatic nitrogens is 4. The molecule has 1 atom stereocenters. The van der Waals surface area contributed by atoms with E-state index in [9.17, 15) is 26.0 Å². The summed E-state index contributed by atoms with van der Waals surface area (Å²) >= 11 is 0. The number of anilines is 3. The minimum absolute atomic E-state index is 0.130. The maximum atomic E-state index is 13.7. The van der Waals surface area contributed by atoms with Crippen molar-refractivity contribution >= 4 is 27.3 Å². The number of piperidine rings is 2. The lowest BCUT2D eigenvalue weighted by atomic mass is 9.93. The van der Waals surface area contributed by atoms with E-state index >= 15 is 0 Å². The lowest BCUT2D eigenvalue weighted by molar-refractivity contribution is -0.0222. The minimum atomic E-state index is -3.99. The Morgan fingerprint density at radius 2 is 1.57 bits per heavy atom. The van der Waals surface area contributed by atoms with Crippen LogP contribution in [0.2, 0.25) is 0 Å². The molecule has 4 fully saturated rings. The van der Waals surface area contributed by atoms with Crippen molar-refractivity contribution in [3.05, 3.63) is 30.0 Å². The fraction of sp³-hybridized carbons (Fsp3) is 0.586. The Morgan fingerprint density at radius 1 is 0.909 bits per heavy atom. The Bertz CT molecular complexity index is 1680. The van der Waals surface area contributed by atoms with Crippen LogP contribution < -0.4 is 14.5 Å². The van der Waals surface area contributed by atoms with Gasteiger partial charge in [0.25, 0.3) is 17.7 Å². The lowest BCUT2D eigenvalue weighted by Gasteiger charge is -2.35. The third kappa shape index (κ3) is 6.07. The largest absolute Gasteiger partial charge is 0.415 e. The highest BCUT2D eigenvalue weighted by Crippen LogP contribution is 2.54. The second-order valence-electron chi connectivity index (χ2n) is 12.7. The number of alkyl halides is 4. The van der Waals surface area contributed by atoms with Crippen LogP contribution in [-0.4, -0.2) is 72.4 Å². The molecule has 2 saturated carbocycles. The molecule has 2 aliphatic carbocycles. The summed E-state index contributed by atoms with van der Waals surface area (Å²) in [6.07, 6.45) is 3.49. The molecule has 0 radical (unpaired) electrons. The van der Waals surface area contributed by atoms with Crippen LogP contribution in [0.3, 0.4) is 0 Å². The quantitative estimate of drug-likeness (QED) is 0.320. The third-order valence-corrected chi connectivity index (χ3v) is 10.7. The van der Waals surface area contributed by atoms with Crippen molar-refractivity contribution in [3.8, 4) is 23.0 Å². The van der Waals surface area contributed by atoms with Gasteiger partial charge in [-0.15, -0.1) is 10.2 Å². The van der Waals surface area contributed by atoms with Gasteiger partial charge >= 0.3 is 0 Å². The van der Waals surface area contributed by atoms with E-state index < -0.39 is 40.0 Å². The van der Waals surface area contributed by atoms with E-state index in [2.05, 4.69) is 29.8 Å². The van der Waals surface area contributed by atoms with E-state index in [1.165, 1.54) is 12.8 Å². The molecule has 3 aromatic rings. The number of benzene rings is 1. The summed E-state index contributed by atoms with van der Waals surface area (Å²) < 4.78 is 88.2. The van der Waals surface area contributed by atoms with Crippen molar-refractivity contribution in [1.82, 2.24) is 20.2 Å². The van der Waals surface area contributed by atoms with Crippen molar-refractivity contribution in [2.24, 2.45) is 11.3 Å². The van der Waals surface area contributed by atoms with Crippen LogP contribution in [0.15, 0.2) is 28.7 Å². The van der Waals surface area contributed by atoms with Crippen LogP contribution in [-0.2, 0) is 10.0 Å². The molecule has 1 N–H and O–H groups in total. The number of hydrogen-bond acceptors (Lipinski definition) is 9. The maximum Gasteiger partial charge on any atom is 0.266 e. The van der Waals surface area contributed by atoms with Gasteiger partial charge in [-0.05, 0) is 62.3 Å². The summed E-state index contributed by atoms with van der Waals surface area (Å²) in [6.45, 7) is 3.56. The summed E-state index contributed by atoms with van der Waals surface area (Å²) in [5, 5.41) is 8.50. The first kappa shape index (κ1) is 29.2. The molecule has 2 aromatic heterocycles. The van der Waals surface area contributed by atoms with E-state index in [-0.39, 0.29) is 43.4 Å². The fourth-order valence-electron chi connectivity index (χ4n) is 6.15. The average molecular weight is 636 g/mol. The number of nitrogens with one attached hydrogen (secondary N) is 1. The third-order valence-electron chi connectivity index (χ3n) is 9.26. The molecule has 1 spiro atoms. The standard InChI is InChI=1S/C29H33F4N7O3S/c1-18-14-22(35-26(34-18)40-12-8-28(30,31)9-13-40)25-37-36-24(43-25)21-3-2-20(38-44(41,42)17-19-16-29(19,32)33)15-23(21)39-10-6-27(4-5-27)7-11-39/h2-3,14-15,19,38H,4-13,16-17H2,1H3. The summed E-state index contributed by atoms with van der Waals surface area (Å²) in [7, 11) is -3.99. The second-order valence-corrected chi connectivity index (χ2v) is 14.5. The molecule has 4 aliphatic rings. The Kier molecular flexibility index (Phi) is 6.83. The number of halogens is 4. The zero-order valence-electron chi connectivity index (χ0n) is 24.2. The number of nitrogens with zero attached hydrogens (tertiary/aromatic N) is 6. The summed E-state index contributed by atoms with van der Waals surface area (Å²) in [5.74, 6) is -6.80. The number of rotatable bonds is 8. The Morgan fingerprint density at radius 3 is 2.23 bits per heavy atom. The molecule has 44 heavy (non-hydrogen) atoms. The Labute approximate surface area is 252 Å². The summed E-state index contributed by atoms with van der Waals surface area (Å²) in [4.78, 5) is 12.9. The van der Waals surface area contributed by atoms with Crippen LogP contribution in [0.4, 0.5) is 34.9 Å². The number of hydrogen-bond donors (Lipinski definition) is 1. The van der Waals surface area contributed by atoms with Gasteiger partial charge in [-0.1, -0.05) is 0 Å². The van der Waals surface area contributed by atoms with Crippen molar-refractivity contribution in [3.63, 3.8) is 0 Å². The molecule has 4 heterocycles. The normalized spacial score (nSPS) is 23.5. The predicted octanol–water partition coefficient (Wildman–Crippen LogP) is 5.51. The summed E-state index contributed by atoms with van der Waals surface area (Å²) in [5.41, 5.74) is 2.93. The molecule has 0 bridgehead atoms. The van der Waals surface area contributed by atoms with Gasteiger partial charge in [0.15, 0.2) is 0 Å². The van der Waals surface area contributed by atoms with Gasteiger partial charge in [0.05, 0.1) is 22.7 Å². The van der Waals surface area contributed by atoms with Crippen LogP contribution >= 0.6 is 0 Å². The van der Waals surface area contributed by atoms with E-state index in [1.807, 2.05) is 0 Å². The minimum Gasteiger partial charge on any atom is -0.415 e. The topological polar surface area (TPSA) is 117 Å². The van der Waals surface area contributed by atoms with Gasteiger partial charge < -0.3 is 14.2 Å². The monoisotopic (exact) mass is 635 g/mol. The van der Waals surface area contributed by atoms with Gasteiger partial charge in [0, 0.05) is 57.1 Å². The zero-order valence-corrected chi connectivity index (χ0v) is 25.0. The smallest absolute Gasteiger partial charge is 0.266 e.